The first kappa shape index (κ1) is 18.2. The Labute approximate surface area is 153 Å². The number of nitrogens with two attached hydrogens (primary N) is 1. The summed E-state index contributed by atoms with van der Waals surface area (Å²) in [4.78, 5) is 2.50. The van der Waals surface area contributed by atoms with E-state index in [0.717, 1.165) is 25.8 Å². The van der Waals surface area contributed by atoms with Crippen molar-refractivity contribution in [3.05, 3.63) is 71.8 Å². The Morgan fingerprint density at radius 3 is 2.20 bits per heavy atom. The van der Waals surface area contributed by atoms with Crippen LogP contribution in [0.15, 0.2) is 60.7 Å². The molecule has 0 saturated heterocycles. The van der Waals surface area contributed by atoms with Crippen LogP contribution in [0.5, 0.6) is 0 Å². The first-order valence-corrected chi connectivity index (χ1v) is 9.67. The van der Waals surface area contributed by atoms with E-state index in [1.165, 1.54) is 24.0 Å². The molecule has 2 aromatic carbocycles. The minimum absolute atomic E-state index is 0.109. The van der Waals surface area contributed by atoms with Crippen molar-refractivity contribution in [3.8, 4) is 0 Å². The lowest BCUT2D eigenvalue weighted by atomic mass is 9.66. The van der Waals surface area contributed by atoms with Crippen molar-refractivity contribution in [1.82, 2.24) is 4.90 Å². The van der Waals surface area contributed by atoms with Gasteiger partial charge in [-0.3, -0.25) is 0 Å². The molecule has 2 N–H and O–H groups in total. The van der Waals surface area contributed by atoms with Crippen LogP contribution < -0.4 is 5.73 Å². The molecule has 0 amide bonds. The summed E-state index contributed by atoms with van der Waals surface area (Å²) in [6, 6.07) is 22.3. The summed E-state index contributed by atoms with van der Waals surface area (Å²) in [5.74, 6) is 0.517. The van der Waals surface area contributed by atoms with Crippen LogP contribution in [0.1, 0.15) is 37.3 Å². The van der Waals surface area contributed by atoms with Crippen LogP contribution in [0.25, 0.3) is 0 Å². The van der Waals surface area contributed by atoms with Crippen molar-refractivity contribution in [2.24, 2.45) is 11.7 Å². The zero-order valence-electron chi connectivity index (χ0n) is 15.7. The second kappa shape index (κ2) is 8.16. The molecule has 3 unspecified atom stereocenters. The average molecular weight is 337 g/mol. The van der Waals surface area contributed by atoms with Gasteiger partial charge in [0, 0.05) is 11.6 Å². The van der Waals surface area contributed by atoms with E-state index in [4.69, 9.17) is 5.73 Å². The molecule has 0 radical (unpaired) electrons. The summed E-state index contributed by atoms with van der Waals surface area (Å²) < 4.78 is 0. The fourth-order valence-corrected chi connectivity index (χ4v) is 4.37. The van der Waals surface area contributed by atoms with Gasteiger partial charge in [0.25, 0.3) is 0 Å². The lowest BCUT2D eigenvalue weighted by Gasteiger charge is -2.47. The Morgan fingerprint density at radius 1 is 1.00 bits per heavy atom. The quantitative estimate of drug-likeness (QED) is 0.852. The molecule has 3 atom stereocenters. The van der Waals surface area contributed by atoms with E-state index < -0.39 is 0 Å². The molecule has 0 aliphatic heterocycles. The molecule has 3 rings (SSSR count). The zero-order chi connectivity index (χ0) is 17.7. The highest BCUT2D eigenvalue weighted by atomic mass is 15.1. The van der Waals surface area contributed by atoms with Gasteiger partial charge in [-0.05, 0) is 62.7 Å². The van der Waals surface area contributed by atoms with Gasteiger partial charge >= 0.3 is 0 Å². The molecule has 0 heterocycles. The Kier molecular flexibility index (Phi) is 5.93. The highest BCUT2D eigenvalue weighted by Crippen LogP contribution is 2.38. The molecule has 0 spiro atoms. The first-order valence-electron chi connectivity index (χ1n) is 9.67. The molecular formula is C23H32N2. The summed E-state index contributed by atoms with van der Waals surface area (Å²) in [5.41, 5.74) is 9.74. The normalized spacial score (nSPS) is 26.7. The van der Waals surface area contributed by atoms with E-state index >= 15 is 0 Å². The van der Waals surface area contributed by atoms with E-state index in [-0.39, 0.29) is 5.54 Å². The van der Waals surface area contributed by atoms with Gasteiger partial charge in [-0.2, -0.15) is 0 Å². The molecule has 0 bridgehead atoms. The van der Waals surface area contributed by atoms with Crippen molar-refractivity contribution in [2.45, 2.75) is 50.6 Å². The van der Waals surface area contributed by atoms with Crippen LogP contribution in [0, 0.1) is 5.92 Å². The highest BCUT2D eigenvalue weighted by molar-refractivity contribution is 5.21. The molecule has 0 aromatic heterocycles. The number of benzene rings is 2. The van der Waals surface area contributed by atoms with Gasteiger partial charge in [0.2, 0.25) is 0 Å². The van der Waals surface area contributed by atoms with Crippen LogP contribution in [0.3, 0.4) is 0 Å². The third kappa shape index (κ3) is 4.50. The van der Waals surface area contributed by atoms with Gasteiger partial charge in [0.15, 0.2) is 0 Å². The zero-order valence-corrected chi connectivity index (χ0v) is 15.7. The van der Waals surface area contributed by atoms with Gasteiger partial charge in [-0.25, -0.2) is 0 Å². The highest BCUT2D eigenvalue weighted by Gasteiger charge is 2.41. The molecule has 2 nitrogen and oxygen atoms in total. The van der Waals surface area contributed by atoms with Crippen molar-refractivity contribution in [3.63, 3.8) is 0 Å². The number of rotatable bonds is 6. The van der Waals surface area contributed by atoms with Crippen molar-refractivity contribution in [1.29, 1.82) is 0 Å². The van der Waals surface area contributed by atoms with E-state index in [9.17, 15) is 0 Å². The fraction of sp³-hybridized carbons (Fsp3) is 0.478. The smallest absolute Gasteiger partial charge is 0.0228 e. The lowest BCUT2D eigenvalue weighted by molar-refractivity contribution is 0.0977. The number of hydrogen-bond donors (Lipinski definition) is 1. The van der Waals surface area contributed by atoms with Crippen LogP contribution in [-0.2, 0) is 12.8 Å². The molecule has 25 heavy (non-hydrogen) atoms. The summed E-state index contributed by atoms with van der Waals surface area (Å²) in [6.07, 6.45) is 5.57. The molecule has 1 fully saturated rings. The second-order valence-corrected chi connectivity index (χ2v) is 7.78. The summed E-state index contributed by atoms with van der Waals surface area (Å²) in [7, 11) is 2.25. The largest absolute Gasteiger partial charge is 0.325 e. The Bertz CT molecular complexity index is 640. The van der Waals surface area contributed by atoms with Crippen molar-refractivity contribution < 1.29 is 0 Å². The topological polar surface area (TPSA) is 29.3 Å². The van der Waals surface area contributed by atoms with Crippen LogP contribution in [-0.4, -0.2) is 30.1 Å². The molecule has 1 saturated carbocycles. The standard InChI is InChI=1S/C23H32N2/c1-3-25(2)22-14-15-23(24,18-20-12-8-5-9-13-20)21(17-22)16-19-10-6-4-7-11-19/h4-13,21-22H,3,14-18,24H2,1-2H3. The maximum atomic E-state index is 7.07. The molecular weight excluding hydrogens is 304 g/mol. The van der Waals surface area contributed by atoms with Gasteiger partial charge < -0.3 is 10.6 Å². The van der Waals surface area contributed by atoms with Crippen LogP contribution >= 0.6 is 0 Å². The van der Waals surface area contributed by atoms with E-state index in [0.29, 0.717) is 12.0 Å². The third-order valence-electron chi connectivity index (χ3n) is 6.14. The fourth-order valence-electron chi connectivity index (χ4n) is 4.37. The summed E-state index contributed by atoms with van der Waals surface area (Å²) >= 11 is 0. The monoisotopic (exact) mass is 336 g/mol. The average Bonchev–Trinajstić information content (AvgIpc) is 2.64. The summed E-state index contributed by atoms with van der Waals surface area (Å²) in [6.45, 7) is 3.36. The Morgan fingerprint density at radius 2 is 1.60 bits per heavy atom. The van der Waals surface area contributed by atoms with Gasteiger partial charge in [-0.1, -0.05) is 67.6 Å². The first-order chi connectivity index (χ1) is 12.1. The van der Waals surface area contributed by atoms with Crippen molar-refractivity contribution in [2.75, 3.05) is 13.6 Å². The number of hydrogen-bond acceptors (Lipinski definition) is 2. The predicted molar refractivity (Wildman–Crippen MR) is 107 cm³/mol. The van der Waals surface area contributed by atoms with Crippen molar-refractivity contribution >= 4 is 0 Å². The maximum absolute atomic E-state index is 7.07. The SMILES string of the molecule is CCN(C)C1CCC(N)(Cc2ccccc2)C(Cc2ccccc2)C1. The molecule has 1 aliphatic rings. The van der Waals surface area contributed by atoms with Crippen LogP contribution in [0.4, 0.5) is 0 Å². The van der Waals surface area contributed by atoms with E-state index in [1.807, 2.05) is 0 Å². The predicted octanol–water partition coefficient (Wildman–Crippen LogP) is 4.29. The minimum atomic E-state index is -0.109. The van der Waals surface area contributed by atoms with Gasteiger partial charge in [0.05, 0.1) is 0 Å². The minimum Gasteiger partial charge on any atom is -0.325 e. The third-order valence-corrected chi connectivity index (χ3v) is 6.14. The maximum Gasteiger partial charge on any atom is 0.0228 e. The summed E-state index contributed by atoms with van der Waals surface area (Å²) in [5, 5.41) is 0. The Hall–Kier alpha value is -1.64. The lowest BCUT2D eigenvalue weighted by Crippen LogP contribution is -2.56. The molecule has 2 aromatic rings. The second-order valence-electron chi connectivity index (χ2n) is 7.78. The Balaban J connectivity index is 1.81. The van der Waals surface area contributed by atoms with E-state index in [2.05, 4.69) is 79.5 Å². The number of nitrogens with zero attached hydrogens (tertiary/aromatic N) is 1. The van der Waals surface area contributed by atoms with Gasteiger partial charge in [-0.15, -0.1) is 0 Å². The van der Waals surface area contributed by atoms with Gasteiger partial charge in [0.1, 0.15) is 0 Å². The van der Waals surface area contributed by atoms with Crippen LogP contribution in [0.2, 0.25) is 0 Å². The van der Waals surface area contributed by atoms with E-state index in [1.54, 1.807) is 0 Å². The molecule has 1 aliphatic carbocycles. The molecule has 2 heteroatoms. The molecule has 134 valence electrons.